The summed E-state index contributed by atoms with van der Waals surface area (Å²) in [6.07, 6.45) is 4.12. The predicted molar refractivity (Wildman–Crippen MR) is 171 cm³/mol. The van der Waals surface area contributed by atoms with E-state index in [9.17, 15) is 18.0 Å². The van der Waals surface area contributed by atoms with Crippen LogP contribution in [0, 0.1) is 0 Å². The summed E-state index contributed by atoms with van der Waals surface area (Å²) in [5.41, 5.74) is 1.89. The first-order chi connectivity index (χ1) is 21.2. The Morgan fingerprint density at radius 1 is 0.932 bits per heavy atom. The van der Waals surface area contributed by atoms with Gasteiger partial charge in [-0.15, -0.1) is 0 Å². The van der Waals surface area contributed by atoms with E-state index in [4.69, 9.17) is 21.1 Å². The Morgan fingerprint density at radius 2 is 1.64 bits per heavy atom. The van der Waals surface area contributed by atoms with Gasteiger partial charge < -0.3 is 19.7 Å². The summed E-state index contributed by atoms with van der Waals surface area (Å²) in [5.74, 6) is -0.0845. The largest absolute Gasteiger partial charge is 0.486 e. The van der Waals surface area contributed by atoms with Crippen molar-refractivity contribution >= 4 is 39.1 Å². The van der Waals surface area contributed by atoms with Crippen molar-refractivity contribution in [1.29, 1.82) is 0 Å². The quantitative estimate of drug-likeness (QED) is 0.300. The number of benzene rings is 3. The number of sulfonamides is 1. The summed E-state index contributed by atoms with van der Waals surface area (Å²) in [7, 11) is -3.90. The Hall–Kier alpha value is -3.76. The van der Waals surface area contributed by atoms with E-state index >= 15 is 0 Å². The van der Waals surface area contributed by atoms with E-state index in [1.807, 2.05) is 36.4 Å². The van der Waals surface area contributed by atoms with Crippen molar-refractivity contribution in [3.05, 3.63) is 88.9 Å². The number of anilines is 1. The second kappa shape index (κ2) is 14.3. The second-order valence-electron chi connectivity index (χ2n) is 11.1. The molecular weight excluding hydrogens is 602 g/mol. The lowest BCUT2D eigenvalue weighted by Gasteiger charge is -2.34. The van der Waals surface area contributed by atoms with Crippen LogP contribution in [0.1, 0.15) is 43.7 Å². The maximum atomic E-state index is 14.4. The zero-order valence-electron chi connectivity index (χ0n) is 24.8. The summed E-state index contributed by atoms with van der Waals surface area (Å²) in [5, 5.41) is 3.67. The van der Waals surface area contributed by atoms with Gasteiger partial charge in [0.25, 0.3) is 0 Å². The molecule has 5 rings (SSSR count). The highest BCUT2D eigenvalue weighted by molar-refractivity contribution is 7.92. The smallest absolute Gasteiger partial charge is 0.244 e. The number of amides is 2. The summed E-state index contributed by atoms with van der Waals surface area (Å²) in [4.78, 5) is 29.9. The molecule has 3 aromatic rings. The van der Waals surface area contributed by atoms with Crippen LogP contribution in [0.5, 0.6) is 11.5 Å². The van der Waals surface area contributed by atoms with Crippen molar-refractivity contribution in [2.75, 3.05) is 29.8 Å². The molecule has 0 unspecified atom stereocenters. The number of halogens is 1. The molecule has 1 saturated carbocycles. The zero-order chi connectivity index (χ0) is 31.1. The van der Waals surface area contributed by atoms with Gasteiger partial charge in [0, 0.05) is 30.1 Å². The molecule has 0 saturated heterocycles. The number of nitrogens with zero attached hydrogens (tertiary/aromatic N) is 2. The number of hydrogen-bond acceptors (Lipinski definition) is 6. The van der Waals surface area contributed by atoms with E-state index in [-0.39, 0.29) is 36.4 Å². The Kier molecular flexibility index (Phi) is 10.3. The third kappa shape index (κ3) is 7.84. The fourth-order valence-electron chi connectivity index (χ4n) is 5.66. The van der Waals surface area contributed by atoms with Gasteiger partial charge in [0.15, 0.2) is 11.5 Å². The topological polar surface area (TPSA) is 105 Å². The molecule has 1 heterocycles. The highest BCUT2D eigenvalue weighted by atomic mass is 35.5. The maximum absolute atomic E-state index is 14.4. The SMILES string of the molecule is CCS(=O)(=O)N(CC(=O)N(Cc1cccc(Cl)c1)[C@@H](Cc1ccccc1)C(=O)NC1CCCC1)c1ccc2c(c1)OCCO2. The molecule has 0 spiro atoms. The Labute approximate surface area is 264 Å². The molecule has 1 aliphatic heterocycles. The fraction of sp³-hybridized carbons (Fsp3) is 0.394. The van der Waals surface area contributed by atoms with E-state index in [2.05, 4.69) is 5.32 Å². The first-order valence-corrected chi connectivity index (χ1v) is 17.0. The number of ether oxygens (including phenoxy) is 2. The number of hydrogen-bond donors (Lipinski definition) is 1. The van der Waals surface area contributed by atoms with Crippen LogP contribution in [0.15, 0.2) is 72.8 Å². The van der Waals surface area contributed by atoms with Crippen molar-refractivity contribution in [2.45, 2.75) is 57.7 Å². The fourth-order valence-corrected chi connectivity index (χ4v) is 6.93. The molecule has 1 aliphatic carbocycles. The summed E-state index contributed by atoms with van der Waals surface area (Å²) >= 11 is 6.30. The Bertz CT molecular complexity index is 1560. The molecule has 234 valence electrons. The van der Waals surface area contributed by atoms with Crippen LogP contribution in [0.2, 0.25) is 5.02 Å². The monoisotopic (exact) mass is 639 g/mol. The number of rotatable bonds is 12. The van der Waals surface area contributed by atoms with Gasteiger partial charge in [-0.3, -0.25) is 13.9 Å². The van der Waals surface area contributed by atoms with E-state index < -0.39 is 28.5 Å². The number of carbonyl (C=O) groups is 2. The predicted octanol–water partition coefficient (Wildman–Crippen LogP) is 4.97. The van der Waals surface area contributed by atoms with Crippen molar-refractivity contribution in [3.63, 3.8) is 0 Å². The minimum atomic E-state index is -3.90. The molecule has 2 amide bonds. The summed E-state index contributed by atoms with van der Waals surface area (Å²) in [6.45, 7) is 1.82. The third-order valence-electron chi connectivity index (χ3n) is 8.01. The third-order valence-corrected chi connectivity index (χ3v) is 9.98. The summed E-state index contributed by atoms with van der Waals surface area (Å²) < 4.78 is 39.3. The van der Waals surface area contributed by atoms with E-state index in [1.165, 1.54) is 11.8 Å². The minimum absolute atomic E-state index is 0.0403. The molecule has 44 heavy (non-hydrogen) atoms. The number of fused-ring (bicyclic) bond motifs is 1. The van der Waals surface area contributed by atoms with Gasteiger partial charge in [0.05, 0.1) is 11.4 Å². The van der Waals surface area contributed by atoms with Crippen LogP contribution < -0.4 is 19.1 Å². The normalized spacial score (nSPS) is 15.4. The highest BCUT2D eigenvalue weighted by Crippen LogP contribution is 2.35. The molecule has 0 bridgehead atoms. The van der Waals surface area contributed by atoms with Gasteiger partial charge in [-0.05, 0) is 55.2 Å². The van der Waals surface area contributed by atoms with Crippen LogP contribution in [0.25, 0.3) is 0 Å². The molecule has 9 nitrogen and oxygen atoms in total. The average molecular weight is 640 g/mol. The highest BCUT2D eigenvalue weighted by Gasteiger charge is 2.35. The van der Waals surface area contributed by atoms with Crippen LogP contribution in [0.3, 0.4) is 0 Å². The summed E-state index contributed by atoms with van der Waals surface area (Å²) in [6, 6.07) is 20.6. The molecule has 1 fully saturated rings. The molecule has 0 aromatic heterocycles. The maximum Gasteiger partial charge on any atom is 0.244 e. The molecular formula is C33H38ClN3O6S. The standard InChI is InChI=1S/C33H38ClN3O6S/c1-2-44(40,41)37(28-15-16-30-31(21-28)43-18-17-42-30)23-32(38)36(22-25-11-8-12-26(34)19-25)29(20-24-9-4-3-5-10-24)33(39)35-27-13-6-7-14-27/h3-5,8-12,15-16,19,21,27,29H,2,6-7,13-14,17-18,20,22-23H2,1H3,(H,35,39)/t29-/m0/s1. The minimum Gasteiger partial charge on any atom is -0.486 e. The van der Waals surface area contributed by atoms with Gasteiger partial charge in [0.1, 0.15) is 25.8 Å². The van der Waals surface area contributed by atoms with Crippen LogP contribution >= 0.6 is 11.6 Å². The molecule has 11 heteroatoms. The second-order valence-corrected chi connectivity index (χ2v) is 13.7. The van der Waals surface area contributed by atoms with Crippen LogP contribution in [0.4, 0.5) is 5.69 Å². The van der Waals surface area contributed by atoms with Crippen molar-refractivity contribution in [2.24, 2.45) is 0 Å². The van der Waals surface area contributed by atoms with Gasteiger partial charge in [-0.1, -0.05) is 66.9 Å². The lowest BCUT2D eigenvalue weighted by atomic mass is 10.0. The Balaban J connectivity index is 1.52. The van der Waals surface area contributed by atoms with Crippen molar-refractivity contribution in [3.8, 4) is 11.5 Å². The van der Waals surface area contributed by atoms with Crippen molar-refractivity contribution in [1.82, 2.24) is 10.2 Å². The van der Waals surface area contributed by atoms with E-state index in [1.54, 1.807) is 36.4 Å². The number of carbonyl (C=O) groups excluding carboxylic acids is 2. The van der Waals surface area contributed by atoms with E-state index in [0.29, 0.717) is 29.7 Å². The van der Waals surface area contributed by atoms with Crippen molar-refractivity contribution < 1.29 is 27.5 Å². The first kappa shape index (κ1) is 31.7. The van der Waals surface area contributed by atoms with Gasteiger partial charge in [-0.2, -0.15) is 0 Å². The van der Waals surface area contributed by atoms with Gasteiger partial charge >= 0.3 is 0 Å². The molecule has 1 N–H and O–H groups in total. The first-order valence-electron chi connectivity index (χ1n) is 15.0. The van der Waals surface area contributed by atoms with Crippen LogP contribution in [-0.4, -0.2) is 62.7 Å². The molecule has 1 atom stereocenters. The molecule has 2 aliphatic rings. The molecule has 0 radical (unpaired) electrons. The Morgan fingerprint density at radius 3 is 2.34 bits per heavy atom. The van der Waals surface area contributed by atoms with Gasteiger partial charge in [-0.25, -0.2) is 8.42 Å². The zero-order valence-corrected chi connectivity index (χ0v) is 26.4. The lowest BCUT2D eigenvalue weighted by Crippen LogP contribution is -2.54. The average Bonchev–Trinajstić information content (AvgIpc) is 3.54. The van der Waals surface area contributed by atoms with Gasteiger partial charge in [0.2, 0.25) is 21.8 Å². The van der Waals surface area contributed by atoms with E-state index in [0.717, 1.165) is 41.1 Å². The lowest BCUT2D eigenvalue weighted by molar-refractivity contribution is -0.140. The number of nitrogens with one attached hydrogen (secondary N) is 1. The van der Waals surface area contributed by atoms with Crippen LogP contribution in [-0.2, 0) is 32.6 Å². The molecule has 3 aromatic carbocycles.